The molecule has 3 heterocycles. The molecule has 0 atom stereocenters. The topological polar surface area (TPSA) is 14.2 Å². The van der Waals surface area contributed by atoms with E-state index in [1.54, 1.807) is 0 Å². The molecule has 276 valence electrons. The smallest absolute Gasteiger partial charge is 0.289 e. The molecule has 0 aliphatic carbocycles. The minimum absolute atomic E-state index is 0.00568. The van der Waals surface area contributed by atoms with Crippen LogP contribution >= 0.6 is 11.6 Å². The molecule has 0 saturated heterocycles. The van der Waals surface area contributed by atoms with Gasteiger partial charge in [-0.2, -0.15) is 11.6 Å². The summed E-state index contributed by atoms with van der Waals surface area (Å²) in [5.41, 5.74) is -3.82. The molecule has 0 unspecified atom stereocenters. The molecule has 0 fully saturated rings. The summed E-state index contributed by atoms with van der Waals surface area (Å²) >= 11 is 0.922. The normalized spacial score (nSPS) is 17.8. The molecule has 0 radical (unpaired) electrons. The maximum absolute atomic E-state index is 10.6. The van der Waals surface area contributed by atoms with Crippen molar-refractivity contribution >= 4 is 79.2 Å². The van der Waals surface area contributed by atoms with E-state index < -0.39 is 185 Å². The Morgan fingerprint density at radius 1 is 0.492 bits per heavy atom. The van der Waals surface area contributed by atoms with Gasteiger partial charge >= 0.3 is 0 Å². The zero-order chi connectivity index (χ0) is 57.2. The van der Waals surface area contributed by atoms with E-state index in [4.69, 9.17) is 19.8 Å². The predicted octanol–water partition coefficient (Wildman–Crippen LogP) is 9.81. The highest BCUT2D eigenvalue weighted by molar-refractivity contribution is 8.28. The van der Waals surface area contributed by atoms with E-state index >= 15 is 0 Å². The van der Waals surface area contributed by atoms with Crippen LogP contribution in [0.3, 0.4) is 0 Å². The first-order valence-corrected chi connectivity index (χ1v) is 21.5. The van der Waals surface area contributed by atoms with E-state index in [1.807, 2.05) is 91.0 Å². The Kier molecular flexibility index (Phi) is 4.47. The molecule has 12 rings (SSSR count). The Hall–Kier alpha value is -6.79. The van der Waals surface area contributed by atoms with Crippen LogP contribution in [-0.4, -0.2) is 18.6 Å². The fourth-order valence-electron chi connectivity index (χ4n) is 8.37. The summed E-state index contributed by atoms with van der Waals surface area (Å²) in [7, 11) is -3.86. The van der Waals surface area contributed by atoms with Gasteiger partial charge in [-0.05, 0) is 90.7 Å². The van der Waals surface area contributed by atoms with Crippen molar-refractivity contribution in [1.29, 1.82) is 0 Å². The zero-order valence-electron chi connectivity index (χ0n) is 51.5. The van der Waals surface area contributed by atoms with Crippen LogP contribution in [0.2, 0.25) is 0 Å². The molecule has 10 aromatic rings. The number of benzene rings is 9. The van der Waals surface area contributed by atoms with Crippen molar-refractivity contribution in [2.75, 3.05) is 0 Å². The average Bonchev–Trinajstić information content (AvgIpc) is 1.63. The molecule has 0 amide bonds. The summed E-state index contributed by atoms with van der Waals surface area (Å²) in [5, 5.41) is 1.56. The van der Waals surface area contributed by atoms with Crippen molar-refractivity contribution in [2.45, 2.75) is 4.90 Å². The Balaban J connectivity index is 1.29. The van der Waals surface area contributed by atoms with Crippen molar-refractivity contribution in [3.05, 3.63) is 218 Å². The average molecular weight is 807 g/mol. The number of ether oxygens (including phenoxy) is 1. The molecule has 1 aromatic heterocycles. The Bertz CT molecular complexity index is 4280. The van der Waals surface area contributed by atoms with E-state index in [0.717, 1.165) is 31.7 Å². The minimum Gasteiger partial charge on any atom is -0.458 e. The molecular formula is C54H36BNOSSi. The molecule has 0 spiro atoms. The van der Waals surface area contributed by atoms with Crippen LogP contribution in [0.25, 0.3) is 49.7 Å². The van der Waals surface area contributed by atoms with Crippen molar-refractivity contribution < 1.29 is 33.5 Å². The predicted molar refractivity (Wildman–Crippen MR) is 253 cm³/mol. The van der Waals surface area contributed by atoms with Crippen LogP contribution in [0.4, 0.5) is 0 Å². The lowest BCUT2D eigenvalue weighted by Crippen LogP contribution is -2.74. The van der Waals surface area contributed by atoms with Crippen molar-refractivity contribution in [3.63, 3.8) is 0 Å². The van der Waals surface area contributed by atoms with E-state index in [-0.39, 0.29) is 38.2 Å². The molecule has 0 saturated carbocycles. The molecule has 2 aliphatic heterocycles. The van der Waals surface area contributed by atoms with Gasteiger partial charge in [0, 0.05) is 21.2 Å². The van der Waals surface area contributed by atoms with Gasteiger partial charge in [-0.3, -0.25) is 0 Å². The standard InChI is InChI=1S/C54H36BNOSSi/c1-4-18-38(19-5-1)59(39-20-6-2-7-21-39,40-22-8-3-9-23-40)41-32-33-45-46-34-37(35-52-54(46)55(58-53(45)36-41)47-27-13-17-31-51(47)57-52)42-24-10-14-28-48(42)56-49-29-15-11-25-43(49)44-26-12-16-30-50(44)56/h1-36H/i10D,11D,12D,13D,14D,15D,16D,17D,24D,25D,26D,27D,28D,29D,30D,31D,32D,33D,34D,35D,36D. The number of nitrogens with zero attached hydrogens (tertiary/aromatic N) is 1. The van der Waals surface area contributed by atoms with Gasteiger partial charge in [-0.25, -0.2) is 0 Å². The highest BCUT2D eigenvalue weighted by Gasteiger charge is 2.44. The second-order valence-electron chi connectivity index (χ2n) is 13.9. The Labute approximate surface area is 378 Å². The summed E-state index contributed by atoms with van der Waals surface area (Å²) in [5.74, 6) is -2.23. The quantitative estimate of drug-likeness (QED) is 0.123. The van der Waals surface area contributed by atoms with Crippen LogP contribution in [0, 0.1) is 0 Å². The second-order valence-corrected chi connectivity index (χ2v) is 18.7. The van der Waals surface area contributed by atoms with Crippen molar-refractivity contribution in [3.8, 4) is 39.4 Å². The molecule has 5 heteroatoms. The number of para-hydroxylation sites is 4. The number of aromatic nitrogens is 1. The van der Waals surface area contributed by atoms with Gasteiger partial charge in [0.15, 0.2) is 8.07 Å². The lowest BCUT2D eigenvalue weighted by molar-refractivity contribution is 0.488. The van der Waals surface area contributed by atoms with Gasteiger partial charge in [0.2, 0.25) is 0 Å². The number of fused-ring (bicyclic) bond motifs is 7. The largest absolute Gasteiger partial charge is 0.458 e. The van der Waals surface area contributed by atoms with E-state index in [2.05, 4.69) is 0 Å². The van der Waals surface area contributed by atoms with Crippen LogP contribution in [0.15, 0.2) is 223 Å². The summed E-state index contributed by atoms with van der Waals surface area (Å²) in [6.45, 7) is 0. The van der Waals surface area contributed by atoms with Gasteiger partial charge in [-0.1, -0.05) is 176 Å². The Morgan fingerprint density at radius 2 is 1.07 bits per heavy atom. The first-order chi connectivity index (χ1) is 38.0. The zero-order valence-corrected chi connectivity index (χ0v) is 32.3. The third kappa shape index (κ3) is 5.22. The fraction of sp³-hybridized carbons (Fsp3) is 0. The van der Waals surface area contributed by atoms with Gasteiger partial charge in [0.1, 0.15) is 11.5 Å². The van der Waals surface area contributed by atoms with Crippen LogP contribution < -0.4 is 36.4 Å². The fourth-order valence-corrected chi connectivity index (χ4v) is 14.3. The highest BCUT2D eigenvalue weighted by atomic mass is 32.2. The molecule has 59 heavy (non-hydrogen) atoms. The van der Waals surface area contributed by atoms with Crippen molar-refractivity contribution in [1.82, 2.24) is 4.57 Å². The third-order valence-electron chi connectivity index (χ3n) is 10.8. The number of rotatable bonds is 6. The first kappa shape index (κ1) is 19.3. The van der Waals surface area contributed by atoms with Gasteiger partial charge in [0.25, 0.3) is 5.99 Å². The summed E-state index contributed by atoms with van der Waals surface area (Å²) < 4.78 is 204. The van der Waals surface area contributed by atoms with Gasteiger partial charge in [0.05, 0.1) is 45.5 Å². The van der Waals surface area contributed by atoms with Gasteiger partial charge in [-0.15, -0.1) is 0 Å². The van der Waals surface area contributed by atoms with E-state index in [9.17, 15) is 13.7 Å². The lowest BCUT2D eigenvalue weighted by Gasteiger charge is -2.37. The molecule has 0 bridgehead atoms. The molecule has 2 nitrogen and oxygen atoms in total. The van der Waals surface area contributed by atoms with Crippen LogP contribution in [0.5, 0.6) is 11.5 Å². The monoisotopic (exact) mass is 806 g/mol. The summed E-state index contributed by atoms with van der Waals surface area (Å²) in [6.07, 6.45) is 0. The molecule has 9 aromatic carbocycles. The SMILES string of the molecule is [2H]c1c([2H])c([2H])c2c(c1[2H])Oc1c([2H])c(-c3c([2H])c([2H])c([2H])c([2H])c3-n3c4c([2H])c([2H])c([2H])c([2H])c4c4c([2H])c([2H])c([2H])c([2H])c43)c([2H])c3c1B2Sc1c([2H])c([Si](c2ccccc2)(c2ccccc2)c2ccccc2)c([2H])c([2H])c1-3. The maximum Gasteiger partial charge on any atom is 0.289 e. The third-order valence-corrected chi connectivity index (χ3v) is 16.7. The van der Waals surface area contributed by atoms with E-state index in [0.29, 0.717) is 0 Å². The molecular weight excluding hydrogens is 750 g/mol. The van der Waals surface area contributed by atoms with Crippen molar-refractivity contribution in [2.24, 2.45) is 0 Å². The van der Waals surface area contributed by atoms with Crippen LogP contribution in [-0.2, 0) is 0 Å². The summed E-state index contributed by atoms with van der Waals surface area (Å²) in [6, 6.07) is 12.8. The highest BCUT2D eigenvalue weighted by Crippen LogP contribution is 2.46. The first-order valence-electron chi connectivity index (χ1n) is 29.1. The minimum atomic E-state index is -3.86. The maximum atomic E-state index is 10.6. The number of hydrogen-bond acceptors (Lipinski definition) is 2. The summed E-state index contributed by atoms with van der Waals surface area (Å²) in [4.78, 5) is 0.00568. The molecule has 2 aliphatic rings. The van der Waals surface area contributed by atoms with Crippen LogP contribution in [0.1, 0.15) is 28.8 Å². The van der Waals surface area contributed by atoms with E-state index in [1.165, 1.54) is 0 Å². The Morgan fingerprint density at radius 3 is 1.73 bits per heavy atom. The second kappa shape index (κ2) is 13.7. The molecule has 0 N–H and O–H groups in total. The lowest BCUT2D eigenvalue weighted by atomic mass is 9.57. The number of hydrogen-bond donors (Lipinski definition) is 0. The van der Waals surface area contributed by atoms with Gasteiger partial charge < -0.3 is 9.30 Å².